The summed E-state index contributed by atoms with van der Waals surface area (Å²) in [6.45, 7) is 0. The van der Waals surface area contributed by atoms with Crippen molar-refractivity contribution < 1.29 is 32.3 Å². The van der Waals surface area contributed by atoms with Crippen molar-refractivity contribution in [3.8, 4) is 0 Å². The summed E-state index contributed by atoms with van der Waals surface area (Å²) < 4.78 is 56.4. The molecule has 0 bridgehead atoms. The second-order valence-electron chi connectivity index (χ2n) is 4.53. The fourth-order valence-corrected chi connectivity index (χ4v) is 2.08. The first-order valence-corrected chi connectivity index (χ1v) is 5.94. The molecule has 1 aromatic carbocycles. The molecule has 22 heavy (non-hydrogen) atoms. The molecule has 0 fully saturated rings. The minimum Gasteiger partial charge on any atom is -0.478 e. The molecule has 0 radical (unpaired) electrons. The van der Waals surface area contributed by atoms with E-state index in [-0.39, 0.29) is 0 Å². The number of carbonyl (C=O) groups excluding carboxylic acids is 1. The van der Waals surface area contributed by atoms with Crippen molar-refractivity contribution in [1.29, 1.82) is 0 Å². The molecule has 8 heteroatoms. The molecule has 1 aliphatic rings. The molecule has 0 aliphatic heterocycles. The molecule has 0 saturated heterocycles. The monoisotopic (exact) mass is 315 g/mol. The number of carboxylic acids is 1. The highest BCUT2D eigenvalue weighted by atomic mass is 19.2. The third-order valence-electron chi connectivity index (χ3n) is 3.22. The Hall–Kier alpha value is -2.64. The number of benzene rings is 1. The van der Waals surface area contributed by atoms with E-state index in [1.807, 2.05) is 0 Å². The topological polar surface area (TPSA) is 80.4 Å². The van der Waals surface area contributed by atoms with Crippen LogP contribution < -0.4 is 5.73 Å². The highest BCUT2D eigenvalue weighted by Gasteiger charge is 2.58. The molecular weight excluding hydrogens is 306 g/mol. The van der Waals surface area contributed by atoms with E-state index in [2.05, 4.69) is 0 Å². The smallest absolute Gasteiger partial charge is 0.340 e. The van der Waals surface area contributed by atoms with Gasteiger partial charge in [0.05, 0.1) is 5.70 Å². The Morgan fingerprint density at radius 3 is 2.23 bits per heavy atom. The van der Waals surface area contributed by atoms with Crippen molar-refractivity contribution in [2.24, 2.45) is 5.73 Å². The summed E-state index contributed by atoms with van der Waals surface area (Å²) in [5, 5.41) is 8.69. The molecule has 1 aliphatic carbocycles. The number of allylic oxidation sites excluding steroid dienone is 2. The van der Waals surface area contributed by atoms with Gasteiger partial charge in [-0.2, -0.15) is 0 Å². The fourth-order valence-electron chi connectivity index (χ4n) is 2.08. The van der Waals surface area contributed by atoms with Crippen LogP contribution in [-0.4, -0.2) is 28.7 Å². The van der Waals surface area contributed by atoms with Crippen LogP contribution in [0.1, 0.15) is 10.4 Å². The third-order valence-corrected chi connectivity index (χ3v) is 3.22. The van der Waals surface area contributed by atoms with Crippen LogP contribution in [0.15, 0.2) is 53.3 Å². The number of carboxylic acid groups (broad SMARTS) is 1. The third kappa shape index (κ3) is 2.07. The zero-order chi connectivity index (χ0) is 16.7. The highest BCUT2D eigenvalue weighted by molar-refractivity contribution is 6.06. The normalized spacial score (nSPS) is 25.4. The number of nitrogens with two attached hydrogens (primary N) is 1. The van der Waals surface area contributed by atoms with Gasteiger partial charge >= 0.3 is 5.97 Å². The lowest BCUT2D eigenvalue weighted by molar-refractivity contribution is -0.132. The van der Waals surface area contributed by atoms with Crippen molar-refractivity contribution >= 4 is 11.8 Å². The molecular formula is C14H9F4NO3. The number of halogens is 4. The number of alkyl halides is 2. The molecule has 2 atom stereocenters. The molecule has 0 amide bonds. The zero-order valence-electron chi connectivity index (χ0n) is 10.8. The average molecular weight is 315 g/mol. The number of carbonyl (C=O) groups is 2. The first-order chi connectivity index (χ1) is 10.2. The number of ketones is 1. The Bertz CT molecular complexity index is 714. The van der Waals surface area contributed by atoms with Crippen molar-refractivity contribution in [2.75, 3.05) is 0 Å². The summed E-state index contributed by atoms with van der Waals surface area (Å²) in [4.78, 5) is 22.8. The van der Waals surface area contributed by atoms with E-state index in [4.69, 9.17) is 10.8 Å². The molecule has 0 spiro atoms. The molecule has 4 nitrogen and oxygen atoms in total. The minimum absolute atomic E-state index is 0.415. The predicted octanol–water partition coefficient (Wildman–Crippen LogP) is 2.38. The van der Waals surface area contributed by atoms with Gasteiger partial charge in [-0.25, -0.2) is 22.4 Å². The molecule has 3 N–H and O–H groups in total. The van der Waals surface area contributed by atoms with Crippen LogP contribution in [0.2, 0.25) is 0 Å². The van der Waals surface area contributed by atoms with Gasteiger partial charge in [-0.1, -0.05) is 30.3 Å². The minimum atomic E-state index is -4.05. The molecule has 0 heterocycles. The zero-order valence-corrected chi connectivity index (χ0v) is 10.8. The van der Waals surface area contributed by atoms with Crippen LogP contribution in [0.3, 0.4) is 0 Å². The summed E-state index contributed by atoms with van der Waals surface area (Å²) >= 11 is 0. The molecule has 116 valence electrons. The van der Waals surface area contributed by atoms with Crippen LogP contribution >= 0.6 is 0 Å². The summed E-state index contributed by atoms with van der Waals surface area (Å²) in [6.07, 6.45) is -3.45. The van der Waals surface area contributed by atoms with Crippen LogP contribution in [0, 0.1) is 0 Å². The lowest BCUT2D eigenvalue weighted by Crippen LogP contribution is -2.49. The fraction of sp³-hybridized carbons (Fsp3) is 0.143. The van der Waals surface area contributed by atoms with Crippen molar-refractivity contribution in [3.05, 3.63) is 58.8 Å². The Labute approximate surface area is 121 Å². The lowest BCUT2D eigenvalue weighted by atomic mass is 9.82. The SMILES string of the molecule is NC1=C(F)C(F)(C(=O)c2ccccc2)C(F)C(F)=C1C(=O)O. The van der Waals surface area contributed by atoms with Crippen molar-refractivity contribution in [1.82, 2.24) is 0 Å². The van der Waals surface area contributed by atoms with Gasteiger partial charge in [-0.3, -0.25) is 4.79 Å². The van der Waals surface area contributed by atoms with Crippen LogP contribution in [0.4, 0.5) is 17.6 Å². The first-order valence-electron chi connectivity index (χ1n) is 5.94. The van der Waals surface area contributed by atoms with Gasteiger partial charge in [-0.15, -0.1) is 0 Å². The quantitative estimate of drug-likeness (QED) is 0.663. The summed E-state index contributed by atoms with van der Waals surface area (Å²) in [5.74, 6) is -8.06. The van der Waals surface area contributed by atoms with E-state index in [1.165, 1.54) is 18.2 Å². The second kappa shape index (κ2) is 5.28. The summed E-state index contributed by atoms with van der Waals surface area (Å²) in [7, 11) is 0. The van der Waals surface area contributed by atoms with E-state index >= 15 is 0 Å². The number of aliphatic carboxylic acids is 1. The number of hydrogen-bond acceptors (Lipinski definition) is 3. The molecule has 0 aromatic heterocycles. The standard InChI is InChI=1S/C14H9F4NO3/c15-8-7(13(21)22)9(19)11(17)14(18,10(8)16)12(20)6-4-2-1-3-5-6/h1-5,10H,19H2,(H,21,22). The number of Topliss-reactive ketones (excluding diaryl/α,β-unsaturated/α-hetero) is 1. The summed E-state index contributed by atoms with van der Waals surface area (Å²) in [5.41, 5.74) is -2.41. The van der Waals surface area contributed by atoms with E-state index in [0.717, 1.165) is 12.1 Å². The van der Waals surface area contributed by atoms with E-state index in [9.17, 15) is 27.2 Å². The Morgan fingerprint density at radius 2 is 1.73 bits per heavy atom. The predicted molar refractivity (Wildman–Crippen MR) is 67.6 cm³/mol. The van der Waals surface area contributed by atoms with Crippen LogP contribution in [0.5, 0.6) is 0 Å². The molecule has 2 unspecified atom stereocenters. The van der Waals surface area contributed by atoms with Crippen LogP contribution in [-0.2, 0) is 4.79 Å². The maximum atomic E-state index is 14.7. The Balaban J connectivity index is 2.62. The van der Waals surface area contributed by atoms with Gasteiger partial charge in [0.15, 0.2) is 11.7 Å². The van der Waals surface area contributed by atoms with Crippen LogP contribution in [0.25, 0.3) is 0 Å². The van der Waals surface area contributed by atoms with E-state index in [1.54, 1.807) is 0 Å². The lowest BCUT2D eigenvalue weighted by Gasteiger charge is -2.30. The second-order valence-corrected chi connectivity index (χ2v) is 4.53. The highest BCUT2D eigenvalue weighted by Crippen LogP contribution is 2.43. The number of rotatable bonds is 3. The Kier molecular flexibility index (Phi) is 3.78. The van der Waals surface area contributed by atoms with E-state index in [0.29, 0.717) is 0 Å². The largest absolute Gasteiger partial charge is 0.478 e. The Morgan fingerprint density at radius 1 is 1.18 bits per heavy atom. The van der Waals surface area contributed by atoms with Crippen molar-refractivity contribution in [3.63, 3.8) is 0 Å². The van der Waals surface area contributed by atoms with Gasteiger partial charge in [-0.05, 0) is 0 Å². The maximum Gasteiger partial charge on any atom is 0.340 e. The molecule has 1 aromatic rings. The summed E-state index contributed by atoms with van der Waals surface area (Å²) in [6, 6.07) is 6.25. The molecule has 2 rings (SSSR count). The van der Waals surface area contributed by atoms with Gasteiger partial charge in [0.25, 0.3) is 5.67 Å². The number of hydrogen-bond donors (Lipinski definition) is 2. The average Bonchev–Trinajstić information content (AvgIpc) is 2.51. The van der Waals surface area contributed by atoms with Gasteiger partial charge in [0.2, 0.25) is 12.0 Å². The van der Waals surface area contributed by atoms with E-state index < -0.39 is 52.1 Å². The molecule has 0 saturated carbocycles. The van der Waals surface area contributed by atoms with Crippen molar-refractivity contribution in [2.45, 2.75) is 11.8 Å². The first kappa shape index (κ1) is 15.7. The van der Waals surface area contributed by atoms with Gasteiger partial charge in [0.1, 0.15) is 5.57 Å². The van der Waals surface area contributed by atoms with Gasteiger partial charge < -0.3 is 10.8 Å². The maximum absolute atomic E-state index is 14.7. The van der Waals surface area contributed by atoms with Gasteiger partial charge in [0, 0.05) is 5.56 Å².